The molecule has 3 nitrogen and oxygen atoms in total. The zero-order valence-electron chi connectivity index (χ0n) is 11.1. The summed E-state index contributed by atoms with van der Waals surface area (Å²) in [5.74, 6) is 1.18. The molecule has 0 aliphatic carbocycles. The third-order valence-corrected chi connectivity index (χ3v) is 4.17. The van der Waals surface area contributed by atoms with Gasteiger partial charge in [0.1, 0.15) is 5.75 Å². The van der Waals surface area contributed by atoms with E-state index in [1.165, 1.54) is 12.1 Å². The maximum atomic E-state index is 11.4. The molecule has 3 aromatic rings. The lowest BCUT2D eigenvalue weighted by Crippen LogP contribution is -1.89. The van der Waals surface area contributed by atoms with Crippen LogP contribution >= 0.6 is 31.9 Å². The van der Waals surface area contributed by atoms with E-state index in [4.69, 9.17) is 4.74 Å². The fourth-order valence-electron chi connectivity index (χ4n) is 2.02. The number of hydrogen-bond acceptors (Lipinski definition) is 2. The summed E-state index contributed by atoms with van der Waals surface area (Å²) in [5, 5.41) is 12.4. The molecule has 0 fully saturated rings. The van der Waals surface area contributed by atoms with Gasteiger partial charge in [-0.1, -0.05) is 6.07 Å². The molecule has 0 N–H and O–H groups in total. The predicted octanol–water partition coefficient (Wildman–Crippen LogP) is 6.00. The second-order valence-electron chi connectivity index (χ2n) is 4.63. The van der Waals surface area contributed by atoms with Gasteiger partial charge < -0.3 is 4.74 Å². The van der Waals surface area contributed by atoms with Crippen LogP contribution < -0.4 is 4.74 Å². The zero-order chi connectivity index (χ0) is 15.0. The second kappa shape index (κ2) is 5.66. The molecule has 0 unspecified atom stereocenters. The molecule has 3 rings (SSSR count). The molecule has 1 aromatic heterocycles. The number of ether oxygens (including phenoxy) is 1. The first kappa shape index (κ1) is 14.4. The van der Waals surface area contributed by atoms with Crippen LogP contribution in [0.4, 0.5) is 0 Å². The van der Waals surface area contributed by atoms with Crippen molar-refractivity contribution in [2.24, 2.45) is 0 Å². The van der Waals surface area contributed by atoms with E-state index in [9.17, 15) is 5.11 Å². The average Bonchev–Trinajstić information content (AvgIpc) is 2.43. The Morgan fingerprint density at radius 1 is 1.00 bits per heavy atom. The van der Waals surface area contributed by atoms with Crippen LogP contribution in [0.15, 0.2) is 51.4 Å². The van der Waals surface area contributed by atoms with Crippen LogP contribution in [-0.4, -0.2) is 4.98 Å². The van der Waals surface area contributed by atoms with Gasteiger partial charge in [-0.05, 0) is 63.0 Å². The van der Waals surface area contributed by atoms with E-state index in [1.807, 2.05) is 37.3 Å². The first-order chi connectivity index (χ1) is 10.0. The van der Waals surface area contributed by atoms with Crippen LogP contribution in [0.2, 0.25) is 0 Å². The van der Waals surface area contributed by atoms with Gasteiger partial charge >= 0.3 is 0 Å². The summed E-state index contributed by atoms with van der Waals surface area (Å²) in [7, 11) is 0. The van der Waals surface area contributed by atoms with Crippen LogP contribution in [0.5, 0.6) is 17.2 Å². The van der Waals surface area contributed by atoms with E-state index in [1.54, 1.807) is 0 Å². The van der Waals surface area contributed by atoms with Crippen molar-refractivity contribution in [1.82, 2.24) is 4.98 Å². The molecule has 0 saturated carbocycles. The number of benzene rings is 2. The SMILES string of the molecule is Cc1ccc2cc(Oc3c(Br)cc([O])cc3Br)ccc2n1. The third-order valence-electron chi connectivity index (χ3n) is 2.99. The highest BCUT2D eigenvalue weighted by Crippen LogP contribution is 2.40. The van der Waals surface area contributed by atoms with Gasteiger partial charge in [-0.3, -0.25) is 10.1 Å². The molecule has 0 aliphatic rings. The molecule has 0 spiro atoms. The normalized spacial score (nSPS) is 10.8. The number of hydrogen-bond donors (Lipinski definition) is 0. The maximum Gasteiger partial charge on any atom is 0.181 e. The van der Waals surface area contributed by atoms with Crippen molar-refractivity contribution in [1.29, 1.82) is 0 Å². The molecule has 21 heavy (non-hydrogen) atoms. The van der Waals surface area contributed by atoms with Crippen LogP contribution in [-0.2, 0) is 5.11 Å². The summed E-state index contributed by atoms with van der Waals surface area (Å²) in [5.41, 5.74) is 1.91. The lowest BCUT2D eigenvalue weighted by Gasteiger charge is -2.10. The van der Waals surface area contributed by atoms with Crippen molar-refractivity contribution < 1.29 is 9.84 Å². The minimum Gasteiger partial charge on any atom is -0.455 e. The van der Waals surface area contributed by atoms with Gasteiger partial charge in [0.2, 0.25) is 0 Å². The van der Waals surface area contributed by atoms with Gasteiger partial charge in [-0.2, -0.15) is 0 Å². The highest BCUT2D eigenvalue weighted by molar-refractivity contribution is 9.11. The molecule has 0 atom stereocenters. The third kappa shape index (κ3) is 3.04. The van der Waals surface area contributed by atoms with Gasteiger partial charge in [0.25, 0.3) is 0 Å². The average molecular weight is 408 g/mol. The van der Waals surface area contributed by atoms with Crippen molar-refractivity contribution in [3.63, 3.8) is 0 Å². The van der Waals surface area contributed by atoms with Crippen molar-refractivity contribution in [3.05, 3.63) is 57.1 Å². The summed E-state index contributed by atoms with van der Waals surface area (Å²) in [4.78, 5) is 4.46. The van der Waals surface area contributed by atoms with Crippen LogP contribution in [0.1, 0.15) is 5.69 Å². The van der Waals surface area contributed by atoms with Crippen LogP contribution in [0.3, 0.4) is 0 Å². The van der Waals surface area contributed by atoms with Crippen LogP contribution in [0.25, 0.3) is 10.9 Å². The Labute approximate surface area is 138 Å². The van der Waals surface area contributed by atoms with E-state index < -0.39 is 0 Å². The van der Waals surface area contributed by atoms with E-state index in [0.29, 0.717) is 20.4 Å². The highest BCUT2D eigenvalue weighted by atomic mass is 79.9. The Morgan fingerprint density at radius 2 is 1.71 bits per heavy atom. The lowest BCUT2D eigenvalue weighted by molar-refractivity contribution is 0.353. The molecule has 1 radical (unpaired) electrons. The minimum atomic E-state index is -0.0840. The first-order valence-corrected chi connectivity index (χ1v) is 7.83. The minimum absolute atomic E-state index is 0.0840. The number of rotatable bonds is 2. The van der Waals surface area contributed by atoms with E-state index >= 15 is 0 Å². The van der Waals surface area contributed by atoms with E-state index in [0.717, 1.165) is 16.6 Å². The van der Waals surface area contributed by atoms with E-state index in [2.05, 4.69) is 36.8 Å². The summed E-state index contributed by atoms with van der Waals surface area (Å²) >= 11 is 6.69. The fraction of sp³-hybridized carbons (Fsp3) is 0.0625. The number of fused-ring (bicyclic) bond motifs is 1. The molecule has 0 aliphatic heterocycles. The summed E-state index contributed by atoms with van der Waals surface area (Å²) in [6.45, 7) is 1.96. The zero-order valence-corrected chi connectivity index (χ0v) is 14.2. The Hall–Kier alpha value is -1.59. The molecule has 1 heterocycles. The fourth-order valence-corrected chi connectivity index (χ4v) is 3.33. The molecule has 0 saturated heterocycles. The largest absolute Gasteiger partial charge is 0.455 e. The number of halogens is 2. The molecule has 5 heteroatoms. The van der Waals surface area contributed by atoms with Gasteiger partial charge in [0, 0.05) is 23.2 Å². The Kier molecular flexibility index (Phi) is 3.87. The topological polar surface area (TPSA) is 42.0 Å². The standard InChI is InChI=1S/C16H10Br2NO2/c1-9-2-3-10-6-12(4-5-15(10)19-9)21-16-13(17)7-11(20)8-14(16)18/h2-8H,1H3. The molecule has 105 valence electrons. The summed E-state index contributed by atoms with van der Waals surface area (Å²) in [6, 6.07) is 12.6. The van der Waals surface area contributed by atoms with Crippen LogP contribution in [0, 0.1) is 6.92 Å². The summed E-state index contributed by atoms with van der Waals surface area (Å²) < 4.78 is 7.10. The number of aromatic nitrogens is 1. The number of nitrogens with zero attached hydrogens (tertiary/aromatic N) is 1. The smallest absolute Gasteiger partial charge is 0.181 e. The molecule has 0 amide bonds. The summed E-state index contributed by atoms with van der Waals surface area (Å²) in [6.07, 6.45) is 0. The number of aryl methyl sites for hydroxylation is 1. The molecule has 2 aromatic carbocycles. The molecular formula is C16H10Br2NO2. The molecule has 0 bridgehead atoms. The Balaban J connectivity index is 2.00. The van der Waals surface area contributed by atoms with Crippen molar-refractivity contribution in [3.8, 4) is 17.2 Å². The quantitative estimate of drug-likeness (QED) is 0.522. The Morgan fingerprint density at radius 3 is 2.43 bits per heavy atom. The first-order valence-electron chi connectivity index (χ1n) is 6.24. The lowest BCUT2D eigenvalue weighted by atomic mass is 10.2. The van der Waals surface area contributed by atoms with Gasteiger partial charge in [-0.25, -0.2) is 0 Å². The van der Waals surface area contributed by atoms with E-state index in [-0.39, 0.29) is 5.75 Å². The van der Waals surface area contributed by atoms with Gasteiger partial charge in [-0.15, -0.1) is 0 Å². The highest BCUT2D eigenvalue weighted by Gasteiger charge is 2.11. The predicted molar refractivity (Wildman–Crippen MR) is 88.5 cm³/mol. The van der Waals surface area contributed by atoms with Crippen molar-refractivity contribution in [2.75, 3.05) is 0 Å². The Bertz CT molecular complexity index is 811. The van der Waals surface area contributed by atoms with Crippen molar-refractivity contribution in [2.45, 2.75) is 6.92 Å². The monoisotopic (exact) mass is 406 g/mol. The van der Waals surface area contributed by atoms with Crippen molar-refractivity contribution >= 4 is 42.8 Å². The second-order valence-corrected chi connectivity index (χ2v) is 6.33. The maximum absolute atomic E-state index is 11.4. The number of pyridine rings is 1. The van der Waals surface area contributed by atoms with Gasteiger partial charge in [0.15, 0.2) is 11.5 Å². The van der Waals surface area contributed by atoms with Gasteiger partial charge in [0.05, 0.1) is 14.5 Å². The molecular weight excluding hydrogens is 398 g/mol.